The van der Waals surface area contributed by atoms with Crippen LogP contribution in [0.1, 0.15) is 49.6 Å². The highest BCUT2D eigenvalue weighted by Crippen LogP contribution is 2.37. The molecule has 20 heavy (non-hydrogen) atoms. The maximum absolute atomic E-state index is 12.1. The molecule has 0 radical (unpaired) electrons. The van der Waals surface area contributed by atoms with Gasteiger partial charge in [0.1, 0.15) is 5.69 Å². The number of nitrogen functional groups attached to an aromatic ring is 1. The predicted molar refractivity (Wildman–Crippen MR) is 75.3 cm³/mol. The number of rotatable bonds is 6. The van der Waals surface area contributed by atoms with Crippen LogP contribution in [-0.2, 0) is 9.53 Å². The minimum absolute atomic E-state index is 0.280. The molecule has 3 N–H and O–H groups in total. The second-order valence-corrected chi connectivity index (χ2v) is 5.14. The topological polar surface area (TPSA) is 86.3 Å². The molecule has 110 valence electrons. The summed E-state index contributed by atoms with van der Waals surface area (Å²) in [7, 11) is 0. The zero-order valence-electron chi connectivity index (χ0n) is 11.9. The molecular weight excluding hydrogens is 258 g/mol. The third-order valence-corrected chi connectivity index (χ3v) is 3.22. The fourth-order valence-electron chi connectivity index (χ4n) is 1.99. The minimum atomic E-state index is -0.808. The van der Waals surface area contributed by atoms with E-state index < -0.39 is 12.1 Å². The summed E-state index contributed by atoms with van der Waals surface area (Å²) < 4.78 is 7.04. The number of anilines is 1. The number of nitrogens with zero attached hydrogens (tertiary/aromatic N) is 1. The van der Waals surface area contributed by atoms with Gasteiger partial charge in [0.05, 0.1) is 5.69 Å². The lowest BCUT2D eigenvalue weighted by Crippen LogP contribution is -2.36. The number of amides is 1. The van der Waals surface area contributed by atoms with Gasteiger partial charge in [-0.3, -0.25) is 4.79 Å². The van der Waals surface area contributed by atoms with Gasteiger partial charge in [-0.05, 0) is 32.3 Å². The largest absolute Gasteiger partial charge is 0.448 e. The highest BCUT2D eigenvalue weighted by Gasteiger charge is 2.29. The van der Waals surface area contributed by atoms with Crippen molar-refractivity contribution >= 4 is 17.6 Å². The maximum atomic E-state index is 12.1. The lowest BCUT2D eigenvalue weighted by Gasteiger charge is -2.14. The first-order valence-electron chi connectivity index (χ1n) is 6.99. The van der Waals surface area contributed by atoms with Gasteiger partial charge in [0.2, 0.25) is 0 Å². The van der Waals surface area contributed by atoms with Crippen molar-refractivity contribution in [2.24, 2.45) is 0 Å². The smallest absolute Gasteiger partial charge is 0.355 e. The molecule has 1 aromatic rings. The number of hydrogen-bond acceptors (Lipinski definition) is 4. The number of aromatic nitrogens is 1. The Labute approximate surface area is 118 Å². The molecule has 6 nitrogen and oxygen atoms in total. The molecule has 1 saturated carbocycles. The van der Waals surface area contributed by atoms with E-state index in [4.69, 9.17) is 10.5 Å². The lowest BCUT2D eigenvalue weighted by molar-refractivity contribution is -0.129. The summed E-state index contributed by atoms with van der Waals surface area (Å²) in [5.74, 6) is -0.787. The number of hydrogen-bond donors (Lipinski definition) is 2. The van der Waals surface area contributed by atoms with Crippen molar-refractivity contribution in [3.8, 4) is 0 Å². The molecule has 0 saturated heterocycles. The Bertz CT molecular complexity index is 506. The quantitative estimate of drug-likeness (QED) is 0.772. The molecule has 0 bridgehead atoms. The van der Waals surface area contributed by atoms with Crippen molar-refractivity contribution in [2.45, 2.75) is 45.3 Å². The van der Waals surface area contributed by atoms with Crippen LogP contribution < -0.4 is 11.1 Å². The number of ether oxygens (including phenoxy) is 1. The van der Waals surface area contributed by atoms with Gasteiger partial charge in [0, 0.05) is 18.8 Å². The van der Waals surface area contributed by atoms with Crippen LogP contribution in [0.3, 0.4) is 0 Å². The zero-order chi connectivity index (χ0) is 14.7. The van der Waals surface area contributed by atoms with Crippen molar-refractivity contribution in [1.29, 1.82) is 0 Å². The molecule has 2 rings (SSSR count). The summed E-state index contributed by atoms with van der Waals surface area (Å²) in [6, 6.07) is 1.93. The summed E-state index contributed by atoms with van der Waals surface area (Å²) in [4.78, 5) is 23.8. The highest BCUT2D eigenvalue weighted by molar-refractivity contribution is 5.92. The summed E-state index contributed by atoms with van der Waals surface area (Å²) >= 11 is 0. The van der Waals surface area contributed by atoms with Crippen molar-refractivity contribution in [2.75, 3.05) is 12.3 Å². The van der Waals surface area contributed by atoms with Gasteiger partial charge >= 0.3 is 5.97 Å². The molecule has 1 aliphatic carbocycles. The van der Waals surface area contributed by atoms with Crippen molar-refractivity contribution < 1.29 is 14.3 Å². The Hall–Kier alpha value is -1.98. The van der Waals surface area contributed by atoms with Crippen LogP contribution in [0.5, 0.6) is 0 Å². The molecule has 6 heteroatoms. The molecule has 1 amide bonds. The Balaban J connectivity index is 1.99. The van der Waals surface area contributed by atoms with Crippen molar-refractivity contribution in [3.05, 3.63) is 18.0 Å². The van der Waals surface area contributed by atoms with E-state index in [1.807, 2.05) is 11.5 Å². The molecule has 0 aromatic carbocycles. The van der Waals surface area contributed by atoms with Crippen molar-refractivity contribution in [1.82, 2.24) is 9.88 Å². The molecule has 1 aliphatic rings. The van der Waals surface area contributed by atoms with Crippen LogP contribution in [0.4, 0.5) is 5.69 Å². The van der Waals surface area contributed by atoms with Gasteiger partial charge in [-0.25, -0.2) is 4.79 Å². The number of nitrogens with two attached hydrogens (primary N) is 1. The Morgan fingerprint density at radius 2 is 2.25 bits per heavy atom. The van der Waals surface area contributed by atoms with Crippen LogP contribution in [0.25, 0.3) is 0 Å². The average Bonchev–Trinajstić information content (AvgIpc) is 3.18. The van der Waals surface area contributed by atoms with Crippen molar-refractivity contribution in [3.63, 3.8) is 0 Å². The zero-order valence-corrected chi connectivity index (χ0v) is 11.9. The van der Waals surface area contributed by atoms with Crippen LogP contribution in [0.2, 0.25) is 0 Å². The fourth-order valence-corrected chi connectivity index (χ4v) is 1.99. The van der Waals surface area contributed by atoms with Gasteiger partial charge in [-0.15, -0.1) is 0 Å². The van der Waals surface area contributed by atoms with Gasteiger partial charge in [-0.2, -0.15) is 0 Å². The second kappa shape index (κ2) is 5.98. The summed E-state index contributed by atoms with van der Waals surface area (Å²) in [5.41, 5.74) is 6.68. The van der Waals surface area contributed by atoms with Crippen LogP contribution in [-0.4, -0.2) is 29.1 Å². The average molecular weight is 279 g/mol. The second-order valence-electron chi connectivity index (χ2n) is 5.14. The molecule has 1 heterocycles. The third kappa shape index (κ3) is 3.31. The molecule has 1 unspecified atom stereocenters. The normalized spacial score (nSPS) is 15.7. The maximum Gasteiger partial charge on any atom is 0.355 e. The van der Waals surface area contributed by atoms with E-state index in [1.165, 1.54) is 0 Å². The van der Waals surface area contributed by atoms with E-state index in [-0.39, 0.29) is 5.91 Å². The summed E-state index contributed by atoms with van der Waals surface area (Å²) in [6.45, 7) is 4.10. The molecule has 1 atom stereocenters. The minimum Gasteiger partial charge on any atom is -0.448 e. The van der Waals surface area contributed by atoms with Crippen LogP contribution in [0.15, 0.2) is 12.3 Å². The first kappa shape index (κ1) is 14.4. The van der Waals surface area contributed by atoms with Gasteiger partial charge in [-0.1, -0.05) is 6.92 Å². The Morgan fingerprint density at radius 1 is 1.55 bits per heavy atom. The summed E-state index contributed by atoms with van der Waals surface area (Å²) in [5, 5.41) is 2.70. The van der Waals surface area contributed by atoms with E-state index in [2.05, 4.69) is 5.32 Å². The number of nitrogens with one attached hydrogen (secondary N) is 1. The fraction of sp³-hybridized carbons (Fsp3) is 0.571. The standard InChI is InChI=1S/C14H21N3O3/c1-3-6-16-13(18)9(2)20-14(19)12-7-10(15)8-17(12)11-4-5-11/h7-9,11H,3-6,15H2,1-2H3,(H,16,18). The van der Waals surface area contributed by atoms with E-state index >= 15 is 0 Å². The van der Waals surface area contributed by atoms with E-state index in [0.29, 0.717) is 24.0 Å². The predicted octanol–water partition coefficient (Wildman–Crippen LogP) is 1.48. The number of carbonyl (C=O) groups excluding carboxylic acids is 2. The SMILES string of the molecule is CCCNC(=O)C(C)OC(=O)c1cc(N)cn1C1CC1. The molecule has 1 aromatic heterocycles. The first-order chi connectivity index (χ1) is 9.52. The lowest BCUT2D eigenvalue weighted by atomic mass is 10.3. The van der Waals surface area contributed by atoms with Crippen LogP contribution >= 0.6 is 0 Å². The van der Waals surface area contributed by atoms with E-state index in [0.717, 1.165) is 19.3 Å². The van der Waals surface area contributed by atoms with E-state index in [1.54, 1.807) is 19.2 Å². The highest BCUT2D eigenvalue weighted by atomic mass is 16.5. The van der Waals surface area contributed by atoms with E-state index in [9.17, 15) is 9.59 Å². The molecule has 0 aliphatic heterocycles. The number of esters is 1. The van der Waals surface area contributed by atoms with Gasteiger partial charge < -0.3 is 20.4 Å². The monoisotopic (exact) mass is 279 g/mol. The van der Waals surface area contributed by atoms with Gasteiger partial charge in [0.15, 0.2) is 6.10 Å². The summed E-state index contributed by atoms with van der Waals surface area (Å²) in [6.07, 6.45) is 3.86. The molecule has 1 fully saturated rings. The number of carbonyl (C=O) groups is 2. The Morgan fingerprint density at radius 3 is 2.85 bits per heavy atom. The first-order valence-corrected chi connectivity index (χ1v) is 6.99. The Kier molecular flexibility index (Phi) is 4.32. The van der Waals surface area contributed by atoms with Gasteiger partial charge in [0.25, 0.3) is 5.91 Å². The molecule has 0 spiro atoms. The van der Waals surface area contributed by atoms with Crippen LogP contribution in [0, 0.1) is 0 Å². The third-order valence-electron chi connectivity index (χ3n) is 3.22. The molecular formula is C14H21N3O3.